The van der Waals surface area contributed by atoms with Gasteiger partial charge in [0.1, 0.15) is 12.1 Å². The highest BCUT2D eigenvalue weighted by Gasteiger charge is 2.31. The smallest absolute Gasteiger partial charge is 0.410 e. The van der Waals surface area contributed by atoms with Crippen molar-refractivity contribution in [2.75, 3.05) is 20.1 Å². The van der Waals surface area contributed by atoms with Gasteiger partial charge in [-0.2, -0.15) is 0 Å². The van der Waals surface area contributed by atoms with Gasteiger partial charge in [-0.25, -0.2) is 9.59 Å². The first-order valence-electron chi connectivity index (χ1n) is 8.60. The Bertz CT molecular complexity index is 776. The molecule has 1 N–H and O–H groups in total. The summed E-state index contributed by atoms with van der Waals surface area (Å²) in [6.07, 6.45) is 2.48. The van der Waals surface area contributed by atoms with Crippen molar-refractivity contribution in [3.63, 3.8) is 0 Å². The van der Waals surface area contributed by atoms with Gasteiger partial charge in [-0.1, -0.05) is 0 Å². The molecule has 144 valence electrons. The Morgan fingerprint density at radius 1 is 1.35 bits per heavy atom. The third-order valence-corrected chi connectivity index (χ3v) is 4.09. The van der Waals surface area contributed by atoms with Crippen LogP contribution in [0.1, 0.15) is 33.6 Å². The molecule has 1 aliphatic heterocycles. The summed E-state index contributed by atoms with van der Waals surface area (Å²) in [5, 5.41) is 0. The number of nitrogens with one attached hydrogen (secondary N) is 1. The monoisotopic (exact) mass is 366 g/mol. The minimum absolute atomic E-state index is 0.126. The van der Waals surface area contributed by atoms with Crippen molar-refractivity contribution in [1.82, 2.24) is 19.4 Å². The third-order valence-electron chi connectivity index (χ3n) is 4.09. The molecule has 0 aromatic carbocycles. The number of amides is 2. The van der Waals surface area contributed by atoms with Crippen LogP contribution < -0.4 is 11.2 Å². The summed E-state index contributed by atoms with van der Waals surface area (Å²) in [7, 11) is 1.64. The minimum atomic E-state index is -0.618. The number of H-pyrrole nitrogens is 1. The van der Waals surface area contributed by atoms with E-state index in [1.54, 1.807) is 32.7 Å². The Morgan fingerprint density at radius 3 is 2.65 bits per heavy atom. The highest BCUT2D eigenvalue weighted by molar-refractivity contribution is 5.76. The zero-order valence-electron chi connectivity index (χ0n) is 15.7. The largest absolute Gasteiger partial charge is 0.444 e. The fourth-order valence-electron chi connectivity index (χ4n) is 2.89. The van der Waals surface area contributed by atoms with Crippen LogP contribution in [0.15, 0.2) is 21.9 Å². The van der Waals surface area contributed by atoms with Crippen molar-refractivity contribution < 1.29 is 14.3 Å². The van der Waals surface area contributed by atoms with Crippen molar-refractivity contribution in [1.29, 1.82) is 0 Å². The van der Waals surface area contributed by atoms with E-state index in [0.717, 1.165) is 17.4 Å². The predicted molar refractivity (Wildman–Crippen MR) is 94.9 cm³/mol. The molecule has 1 saturated heterocycles. The summed E-state index contributed by atoms with van der Waals surface area (Å²) >= 11 is 0. The number of aromatic amines is 1. The highest BCUT2D eigenvalue weighted by atomic mass is 16.6. The summed E-state index contributed by atoms with van der Waals surface area (Å²) in [6, 6.07) is 1.07. The second-order valence-corrected chi connectivity index (χ2v) is 7.48. The van der Waals surface area contributed by atoms with E-state index in [1.165, 1.54) is 17.2 Å². The van der Waals surface area contributed by atoms with Gasteiger partial charge in [0, 0.05) is 38.4 Å². The van der Waals surface area contributed by atoms with E-state index >= 15 is 0 Å². The molecule has 0 radical (unpaired) electrons. The Balaban J connectivity index is 2.00. The van der Waals surface area contributed by atoms with Crippen LogP contribution in [0.25, 0.3) is 0 Å². The lowest BCUT2D eigenvalue weighted by atomic mass is 10.2. The van der Waals surface area contributed by atoms with Crippen molar-refractivity contribution in [2.45, 2.75) is 51.8 Å². The second kappa shape index (κ2) is 7.76. The number of hydrogen-bond acceptors (Lipinski definition) is 5. The van der Waals surface area contributed by atoms with Crippen LogP contribution in [0.2, 0.25) is 0 Å². The quantitative estimate of drug-likeness (QED) is 0.830. The van der Waals surface area contributed by atoms with E-state index < -0.39 is 22.9 Å². The van der Waals surface area contributed by atoms with Crippen molar-refractivity contribution >= 4 is 12.0 Å². The zero-order chi connectivity index (χ0) is 19.5. The number of carbonyl (C=O) groups is 2. The summed E-state index contributed by atoms with van der Waals surface area (Å²) < 4.78 is 6.50. The molecular weight excluding hydrogens is 340 g/mol. The van der Waals surface area contributed by atoms with E-state index in [0.29, 0.717) is 13.1 Å². The normalized spacial score (nSPS) is 17.2. The Kier molecular flexibility index (Phi) is 5.89. The fourth-order valence-corrected chi connectivity index (χ4v) is 2.89. The lowest BCUT2D eigenvalue weighted by Crippen LogP contribution is -2.46. The number of likely N-dealkylation sites (tertiary alicyclic amines) is 1. The van der Waals surface area contributed by atoms with Gasteiger partial charge in [0.2, 0.25) is 5.91 Å². The van der Waals surface area contributed by atoms with Crippen LogP contribution >= 0.6 is 0 Å². The molecule has 1 atom stereocenters. The molecular formula is C17H26N4O5. The van der Waals surface area contributed by atoms with E-state index in [1.807, 2.05) is 0 Å². The minimum Gasteiger partial charge on any atom is -0.444 e. The van der Waals surface area contributed by atoms with Gasteiger partial charge in [0.25, 0.3) is 5.56 Å². The maximum Gasteiger partial charge on any atom is 0.410 e. The third kappa shape index (κ3) is 5.21. The molecule has 2 heterocycles. The van der Waals surface area contributed by atoms with Crippen LogP contribution in [-0.2, 0) is 16.1 Å². The molecule has 1 aromatic rings. The molecule has 9 heteroatoms. The van der Waals surface area contributed by atoms with Crippen LogP contribution in [0.3, 0.4) is 0 Å². The van der Waals surface area contributed by atoms with Gasteiger partial charge in [0.05, 0.1) is 0 Å². The number of carbonyl (C=O) groups excluding carboxylic acids is 2. The van der Waals surface area contributed by atoms with Crippen molar-refractivity contribution in [2.24, 2.45) is 0 Å². The van der Waals surface area contributed by atoms with E-state index in [4.69, 9.17) is 4.74 Å². The fraction of sp³-hybridized carbons (Fsp3) is 0.647. The highest BCUT2D eigenvalue weighted by Crippen LogP contribution is 2.19. The summed E-state index contributed by atoms with van der Waals surface area (Å²) in [5.41, 5.74) is -1.70. The number of ether oxygens (including phenoxy) is 1. The molecule has 0 saturated carbocycles. The molecule has 1 aliphatic rings. The summed E-state index contributed by atoms with van der Waals surface area (Å²) in [5.74, 6) is -0.223. The first-order chi connectivity index (χ1) is 12.1. The molecule has 0 aliphatic carbocycles. The molecule has 0 bridgehead atoms. The Hall–Kier alpha value is -2.58. The topological polar surface area (TPSA) is 105 Å². The van der Waals surface area contributed by atoms with Crippen molar-refractivity contribution in [3.05, 3.63) is 33.1 Å². The number of hydrogen-bond donors (Lipinski definition) is 1. The van der Waals surface area contributed by atoms with Gasteiger partial charge in [-0.15, -0.1) is 0 Å². The van der Waals surface area contributed by atoms with Crippen molar-refractivity contribution in [3.8, 4) is 0 Å². The van der Waals surface area contributed by atoms with Gasteiger partial charge in [-0.3, -0.25) is 19.1 Å². The second-order valence-electron chi connectivity index (χ2n) is 7.48. The molecule has 26 heavy (non-hydrogen) atoms. The Morgan fingerprint density at radius 2 is 2.04 bits per heavy atom. The standard InChI is InChI=1S/C17H26N4O5/c1-17(2,3)26-16(25)19(4)10-12-6-5-8-21(12)14(23)11-20-9-7-13(22)18-15(20)24/h7,9,12H,5-6,8,10-11H2,1-4H3,(H,18,22,24). The van der Waals surface area contributed by atoms with Gasteiger partial charge in [-0.05, 0) is 33.6 Å². The maximum atomic E-state index is 12.6. The van der Waals surface area contributed by atoms with E-state index in [9.17, 15) is 19.2 Å². The first kappa shape index (κ1) is 19.7. The molecule has 0 spiro atoms. The number of nitrogens with zero attached hydrogens (tertiary/aromatic N) is 3. The summed E-state index contributed by atoms with van der Waals surface area (Å²) in [4.78, 5) is 52.8. The molecule has 1 fully saturated rings. The van der Waals surface area contributed by atoms with Gasteiger partial charge < -0.3 is 14.5 Å². The average molecular weight is 366 g/mol. The SMILES string of the molecule is CN(CC1CCCN1C(=O)Cn1ccc(=O)[nH]c1=O)C(=O)OC(C)(C)C. The van der Waals surface area contributed by atoms with Gasteiger partial charge >= 0.3 is 11.8 Å². The van der Waals surface area contributed by atoms with E-state index in [-0.39, 0.29) is 18.5 Å². The summed E-state index contributed by atoms with van der Waals surface area (Å²) in [6.45, 7) is 6.18. The van der Waals surface area contributed by atoms with Crippen LogP contribution in [0.5, 0.6) is 0 Å². The molecule has 2 rings (SSSR count). The maximum absolute atomic E-state index is 12.6. The number of rotatable bonds is 4. The molecule has 1 aromatic heterocycles. The number of likely N-dealkylation sites (N-methyl/N-ethyl adjacent to an activating group) is 1. The first-order valence-corrected chi connectivity index (χ1v) is 8.60. The van der Waals surface area contributed by atoms with Gasteiger partial charge in [0.15, 0.2) is 0 Å². The number of aromatic nitrogens is 2. The predicted octanol–water partition coefficient (Wildman–Crippen LogP) is 0.395. The van der Waals surface area contributed by atoms with E-state index in [2.05, 4.69) is 4.98 Å². The molecule has 9 nitrogen and oxygen atoms in total. The Labute approximate surface area is 151 Å². The van der Waals surface area contributed by atoms with Crippen LogP contribution in [0, 0.1) is 0 Å². The van der Waals surface area contributed by atoms with Crippen LogP contribution in [0.4, 0.5) is 4.79 Å². The lowest BCUT2D eigenvalue weighted by Gasteiger charge is -2.30. The zero-order valence-corrected chi connectivity index (χ0v) is 15.7. The molecule has 1 unspecified atom stereocenters. The average Bonchev–Trinajstić information content (AvgIpc) is 2.96. The molecule has 2 amide bonds. The lowest BCUT2D eigenvalue weighted by molar-refractivity contribution is -0.133. The van der Waals surface area contributed by atoms with Crippen LogP contribution in [-0.4, -0.2) is 63.1 Å².